The molecule has 0 aromatic rings. The second-order valence-electron chi connectivity index (χ2n) is 4.00. The molecule has 2 rings (SSSR count). The lowest BCUT2D eigenvalue weighted by molar-refractivity contribution is -0.120. The maximum Gasteiger partial charge on any atom is 0.0608 e. The third kappa shape index (κ3) is 2.25. The van der Waals surface area contributed by atoms with Crippen LogP contribution in [-0.4, -0.2) is 62.0 Å². The Kier molecular flexibility index (Phi) is 3.75. The SMILES string of the molecule is CCC1CNCCN1N1CCOCC1. The first-order valence-corrected chi connectivity index (χ1v) is 5.71. The molecule has 1 N–H and O–H groups in total. The van der Waals surface area contributed by atoms with Crippen molar-refractivity contribution in [2.24, 2.45) is 0 Å². The maximum absolute atomic E-state index is 5.38. The normalized spacial score (nSPS) is 31.9. The van der Waals surface area contributed by atoms with E-state index >= 15 is 0 Å². The number of hydrogen-bond acceptors (Lipinski definition) is 4. The molecule has 0 aromatic heterocycles. The van der Waals surface area contributed by atoms with Crippen LogP contribution in [0.3, 0.4) is 0 Å². The van der Waals surface area contributed by atoms with Crippen molar-refractivity contribution in [3.63, 3.8) is 0 Å². The molecule has 1 unspecified atom stereocenters. The van der Waals surface area contributed by atoms with Crippen molar-refractivity contribution in [2.75, 3.05) is 45.9 Å². The smallest absolute Gasteiger partial charge is 0.0608 e. The first kappa shape index (κ1) is 10.4. The number of ether oxygens (including phenoxy) is 1. The molecular weight excluding hydrogens is 178 g/mol. The van der Waals surface area contributed by atoms with Gasteiger partial charge in [0.15, 0.2) is 0 Å². The van der Waals surface area contributed by atoms with Gasteiger partial charge in [0.1, 0.15) is 0 Å². The summed E-state index contributed by atoms with van der Waals surface area (Å²) in [5.74, 6) is 0. The quantitative estimate of drug-likeness (QED) is 0.673. The van der Waals surface area contributed by atoms with Gasteiger partial charge >= 0.3 is 0 Å². The second-order valence-corrected chi connectivity index (χ2v) is 4.00. The topological polar surface area (TPSA) is 27.7 Å². The van der Waals surface area contributed by atoms with E-state index in [1.54, 1.807) is 0 Å². The van der Waals surface area contributed by atoms with E-state index < -0.39 is 0 Å². The maximum atomic E-state index is 5.38. The third-order valence-corrected chi connectivity index (χ3v) is 3.14. The summed E-state index contributed by atoms with van der Waals surface area (Å²) in [6.45, 7) is 9.58. The van der Waals surface area contributed by atoms with Crippen LogP contribution in [-0.2, 0) is 4.74 Å². The van der Waals surface area contributed by atoms with E-state index in [-0.39, 0.29) is 0 Å². The zero-order valence-corrected chi connectivity index (χ0v) is 9.04. The van der Waals surface area contributed by atoms with Crippen LogP contribution < -0.4 is 5.32 Å². The number of hydrogen-bond donors (Lipinski definition) is 1. The van der Waals surface area contributed by atoms with Gasteiger partial charge in [-0.1, -0.05) is 6.92 Å². The standard InChI is InChI=1S/C10H21N3O/c1-2-10-9-11-3-4-13(10)12-5-7-14-8-6-12/h10-11H,2-9H2,1H3. The van der Waals surface area contributed by atoms with Gasteiger partial charge in [-0.2, -0.15) is 0 Å². The van der Waals surface area contributed by atoms with Gasteiger partial charge in [0, 0.05) is 38.8 Å². The van der Waals surface area contributed by atoms with E-state index in [4.69, 9.17) is 4.74 Å². The van der Waals surface area contributed by atoms with Gasteiger partial charge in [-0.25, -0.2) is 10.0 Å². The summed E-state index contributed by atoms with van der Waals surface area (Å²) in [5, 5.41) is 8.47. The van der Waals surface area contributed by atoms with Crippen LogP contribution in [0.25, 0.3) is 0 Å². The number of nitrogens with one attached hydrogen (secondary N) is 1. The fourth-order valence-corrected chi connectivity index (χ4v) is 2.29. The molecule has 14 heavy (non-hydrogen) atoms. The minimum atomic E-state index is 0.682. The number of hydrazine groups is 1. The third-order valence-electron chi connectivity index (χ3n) is 3.14. The van der Waals surface area contributed by atoms with E-state index in [1.165, 1.54) is 6.42 Å². The molecule has 82 valence electrons. The summed E-state index contributed by atoms with van der Waals surface area (Å²) in [7, 11) is 0. The predicted molar refractivity (Wildman–Crippen MR) is 56.0 cm³/mol. The molecule has 2 fully saturated rings. The predicted octanol–water partition coefficient (Wildman–Crippen LogP) is -0.0826. The zero-order chi connectivity index (χ0) is 9.80. The summed E-state index contributed by atoms with van der Waals surface area (Å²) < 4.78 is 5.38. The monoisotopic (exact) mass is 199 g/mol. The van der Waals surface area contributed by atoms with E-state index in [2.05, 4.69) is 22.3 Å². The molecule has 0 bridgehead atoms. The fraction of sp³-hybridized carbons (Fsp3) is 1.00. The highest BCUT2D eigenvalue weighted by Crippen LogP contribution is 2.12. The van der Waals surface area contributed by atoms with Gasteiger partial charge in [-0.3, -0.25) is 0 Å². The van der Waals surface area contributed by atoms with Gasteiger partial charge in [0.05, 0.1) is 13.2 Å². The van der Waals surface area contributed by atoms with Gasteiger partial charge in [-0.15, -0.1) is 0 Å². The molecule has 0 saturated carbocycles. The summed E-state index contributed by atoms with van der Waals surface area (Å²) in [5.41, 5.74) is 0. The Balaban J connectivity index is 1.91. The molecule has 2 aliphatic rings. The van der Waals surface area contributed by atoms with E-state index in [0.717, 1.165) is 45.9 Å². The summed E-state index contributed by atoms with van der Waals surface area (Å²) in [4.78, 5) is 0. The molecule has 0 amide bonds. The lowest BCUT2D eigenvalue weighted by Gasteiger charge is -2.44. The van der Waals surface area contributed by atoms with E-state index in [1.807, 2.05) is 0 Å². The zero-order valence-electron chi connectivity index (χ0n) is 9.04. The van der Waals surface area contributed by atoms with Crippen LogP contribution in [0.2, 0.25) is 0 Å². The fourth-order valence-electron chi connectivity index (χ4n) is 2.29. The summed E-state index contributed by atoms with van der Waals surface area (Å²) in [6.07, 6.45) is 1.23. The van der Waals surface area contributed by atoms with Gasteiger partial charge in [0.25, 0.3) is 0 Å². The Bertz CT molecular complexity index is 171. The molecule has 4 nitrogen and oxygen atoms in total. The molecule has 0 aromatic carbocycles. The van der Waals surface area contributed by atoms with Crippen molar-refractivity contribution in [3.05, 3.63) is 0 Å². The van der Waals surface area contributed by atoms with Crippen LogP contribution in [0, 0.1) is 0 Å². The summed E-state index contributed by atoms with van der Waals surface area (Å²) >= 11 is 0. The second kappa shape index (κ2) is 5.07. The Hall–Kier alpha value is -0.160. The van der Waals surface area contributed by atoms with Gasteiger partial charge in [-0.05, 0) is 6.42 Å². The molecule has 4 heteroatoms. The average Bonchev–Trinajstić information content (AvgIpc) is 2.30. The van der Waals surface area contributed by atoms with E-state index in [9.17, 15) is 0 Å². The molecule has 0 spiro atoms. The first-order valence-electron chi connectivity index (χ1n) is 5.71. The number of nitrogens with zero attached hydrogens (tertiary/aromatic N) is 2. The van der Waals surface area contributed by atoms with Crippen molar-refractivity contribution in [2.45, 2.75) is 19.4 Å². The Morgan fingerprint density at radius 1 is 1.29 bits per heavy atom. The van der Waals surface area contributed by atoms with Crippen LogP contribution in [0.5, 0.6) is 0 Å². The largest absolute Gasteiger partial charge is 0.379 e. The van der Waals surface area contributed by atoms with Crippen LogP contribution >= 0.6 is 0 Å². The van der Waals surface area contributed by atoms with Crippen molar-refractivity contribution in [3.8, 4) is 0 Å². The Morgan fingerprint density at radius 3 is 2.79 bits per heavy atom. The average molecular weight is 199 g/mol. The summed E-state index contributed by atoms with van der Waals surface area (Å²) in [6, 6.07) is 0.682. The van der Waals surface area contributed by atoms with Crippen molar-refractivity contribution >= 4 is 0 Å². The first-order chi connectivity index (χ1) is 6.92. The van der Waals surface area contributed by atoms with Crippen molar-refractivity contribution in [1.82, 2.24) is 15.3 Å². The van der Waals surface area contributed by atoms with E-state index in [0.29, 0.717) is 6.04 Å². The van der Waals surface area contributed by atoms with Gasteiger partial charge < -0.3 is 10.1 Å². The Labute approximate surface area is 86.2 Å². The number of rotatable bonds is 2. The molecule has 0 aliphatic carbocycles. The highest BCUT2D eigenvalue weighted by Gasteiger charge is 2.26. The molecule has 1 atom stereocenters. The van der Waals surface area contributed by atoms with Crippen molar-refractivity contribution < 1.29 is 4.74 Å². The van der Waals surface area contributed by atoms with Crippen LogP contribution in [0.15, 0.2) is 0 Å². The molecule has 2 saturated heterocycles. The number of morpholine rings is 1. The van der Waals surface area contributed by atoms with Crippen LogP contribution in [0.4, 0.5) is 0 Å². The highest BCUT2D eigenvalue weighted by atomic mass is 16.5. The highest BCUT2D eigenvalue weighted by molar-refractivity contribution is 4.78. The number of piperazine rings is 1. The Morgan fingerprint density at radius 2 is 2.07 bits per heavy atom. The molecule has 0 radical (unpaired) electrons. The van der Waals surface area contributed by atoms with Gasteiger partial charge in [0.2, 0.25) is 0 Å². The molecular formula is C10H21N3O. The van der Waals surface area contributed by atoms with Crippen LogP contribution in [0.1, 0.15) is 13.3 Å². The molecule has 2 heterocycles. The molecule has 2 aliphatic heterocycles. The minimum Gasteiger partial charge on any atom is -0.379 e. The lowest BCUT2D eigenvalue weighted by Crippen LogP contribution is -2.60. The van der Waals surface area contributed by atoms with Crippen molar-refractivity contribution in [1.29, 1.82) is 0 Å². The minimum absolute atomic E-state index is 0.682. The lowest BCUT2D eigenvalue weighted by atomic mass is 10.2.